The van der Waals surface area contributed by atoms with E-state index in [2.05, 4.69) is 36.5 Å². The molecule has 2 aliphatic rings. The zero-order valence-electron chi connectivity index (χ0n) is 12.2. The Morgan fingerprint density at radius 2 is 2.05 bits per heavy atom. The van der Waals surface area contributed by atoms with Crippen molar-refractivity contribution < 1.29 is 4.79 Å². The van der Waals surface area contributed by atoms with E-state index in [9.17, 15) is 4.79 Å². The van der Waals surface area contributed by atoms with Gasteiger partial charge < -0.3 is 11.1 Å². The maximum absolute atomic E-state index is 12.5. The molecule has 0 aromatic heterocycles. The van der Waals surface area contributed by atoms with Gasteiger partial charge in [-0.3, -0.25) is 4.79 Å². The largest absolute Gasteiger partial charge is 0.349 e. The number of amides is 1. The van der Waals surface area contributed by atoms with Crippen molar-refractivity contribution in [1.29, 1.82) is 0 Å². The number of hydrogen-bond donors (Lipinski definition) is 2. The molecule has 1 aromatic carbocycles. The fourth-order valence-corrected chi connectivity index (χ4v) is 3.62. The average Bonchev–Trinajstić information content (AvgIpc) is 3.12. The topological polar surface area (TPSA) is 55.1 Å². The first kappa shape index (κ1) is 13.6. The SMILES string of the molecule is Cc1ccccc1C1CC1C(=O)NC1(CN)CCCC1. The number of carbonyl (C=O) groups is 1. The van der Waals surface area contributed by atoms with E-state index >= 15 is 0 Å². The lowest BCUT2D eigenvalue weighted by Gasteiger charge is -2.28. The molecule has 0 radical (unpaired) electrons. The molecule has 108 valence electrons. The third kappa shape index (κ3) is 2.47. The minimum absolute atomic E-state index is 0.115. The van der Waals surface area contributed by atoms with Gasteiger partial charge >= 0.3 is 0 Å². The molecule has 2 fully saturated rings. The van der Waals surface area contributed by atoms with Crippen molar-refractivity contribution in [3.05, 3.63) is 35.4 Å². The van der Waals surface area contributed by atoms with Crippen LogP contribution in [0.3, 0.4) is 0 Å². The third-order valence-corrected chi connectivity index (χ3v) is 5.05. The number of hydrogen-bond acceptors (Lipinski definition) is 2. The minimum Gasteiger partial charge on any atom is -0.349 e. The first-order chi connectivity index (χ1) is 9.65. The second-order valence-electron chi connectivity index (χ2n) is 6.49. The smallest absolute Gasteiger partial charge is 0.224 e. The van der Waals surface area contributed by atoms with Gasteiger partial charge in [0.2, 0.25) is 5.91 Å². The summed E-state index contributed by atoms with van der Waals surface area (Å²) >= 11 is 0. The molecule has 2 saturated carbocycles. The molecule has 3 heteroatoms. The van der Waals surface area contributed by atoms with Crippen molar-refractivity contribution in [2.75, 3.05) is 6.54 Å². The van der Waals surface area contributed by atoms with Gasteiger partial charge in [-0.25, -0.2) is 0 Å². The molecule has 3 N–H and O–H groups in total. The molecule has 2 atom stereocenters. The first-order valence-electron chi connectivity index (χ1n) is 7.73. The fourth-order valence-electron chi connectivity index (χ4n) is 3.62. The number of carbonyl (C=O) groups excluding carboxylic acids is 1. The van der Waals surface area contributed by atoms with Gasteiger partial charge in [0.15, 0.2) is 0 Å². The molecule has 1 amide bonds. The van der Waals surface area contributed by atoms with Gasteiger partial charge in [0, 0.05) is 12.5 Å². The van der Waals surface area contributed by atoms with Crippen LogP contribution in [-0.4, -0.2) is 18.0 Å². The average molecular weight is 272 g/mol. The molecule has 1 aromatic rings. The van der Waals surface area contributed by atoms with E-state index in [1.54, 1.807) is 0 Å². The molecule has 20 heavy (non-hydrogen) atoms. The summed E-state index contributed by atoms with van der Waals surface area (Å²) in [6.07, 6.45) is 5.43. The van der Waals surface area contributed by atoms with Gasteiger partial charge in [0.1, 0.15) is 0 Å². The van der Waals surface area contributed by atoms with Crippen LogP contribution in [0.25, 0.3) is 0 Å². The van der Waals surface area contributed by atoms with E-state index in [4.69, 9.17) is 5.73 Å². The van der Waals surface area contributed by atoms with Crippen LogP contribution < -0.4 is 11.1 Å². The number of benzene rings is 1. The predicted molar refractivity (Wildman–Crippen MR) is 80.4 cm³/mol. The Morgan fingerprint density at radius 3 is 2.70 bits per heavy atom. The Morgan fingerprint density at radius 1 is 1.35 bits per heavy atom. The Labute approximate surface area is 120 Å². The normalized spacial score (nSPS) is 27.3. The Kier molecular flexibility index (Phi) is 3.55. The van der Waals surface area contributed by atoms with Crippen molar-refractivity contribution in [2.24, 2.45) is 11.7 Å². The lowest BCUT2D eigenvalue weighted by molar-refractivity contribution is -0.124. The highest BCUT2D eigenvalue weighted by Crippen LogP contribution is 2.49. The standard InChI is InChI=1S/C17H24N2O/c1-12-6-2-3-7-13(12)14-10-15(14)16(20)19-17(11-18)8-4-5-9-17/h2-3,6-7,14-15H,4-5,8-11,18H2,1H3,(H,19,20). The highest BCUT2D eigenvalue weighted by Gasteiger charge is 2.46. The van der Waals surface area contributed by atoms with Crippen LogP contribution >= 0.6 is 0 Å². The van der Waals surface area contributed by atoms with E-state index in [0.29, 0.717) is 12.5 Å². The Hall–Kier alpha value is -1.35. The minimum atomic E-state index is -0.115. The monoisotopic (exact) mass is 272 g/mol. The van der Waals surface area contributed by atoms with Crippen molar-refractivity contribution >= 4 is 5.91 Å². The maximum Gasteiger partial charge on any atom is 0.224 e. The summed E-state index contributed by atoms with van der Waals surface area (Å²) in [6, 6.07) is 8.40. The summed E-state index contributed by atoms with van der Waals surface area (Å²) in [5, 5.41) is 3.26. The van der Waals surface area contributed by atoms with Crippen LogP contribution in [0.2, 0.25) is 0 Å². The van der Waals surface area contributed by atoms with Crippen LogP contribution in [0.4, 0.5) is 0 Å². The van der Waals surface area contributed by atoms with Crippen molar-refractivity contribution in [1.82, 2.24) is 5.32 Å². The summed E-state index contributed by atoms with van der Waals surface area (Å²) < 4.78 is 0. The molecule has 0 bridgehead atoms. The number of nitrogens with two attached hydrogens (primary N) is 1. The van der Waals surface area contributed by atoms with Gasteiger partial charge in [-0.1, -0.05) is 37.1 Å². The number of rotatable bonds is 4. The second kappa shape index (κ2) is 5.21. The maximum atomic E-state index is 12.5. The van der Waals surface area contributed by atoms with Gasteiger partial charge in [-0.15, -0.1) is 0 Å². The predicted octanol–water partition coefficient (Wildman–Crippen LogP) is 2.49. The van der Waals surface area contributed by atoms with E-state index in [1.165, 1.54) is 24.0 Å². The van der Waals surface area contributed by atoms with Crippen LogP contribution in [-0.2, 0) is 4.79 Å². The van der Waals surface area contributed by atoms with E-state index in [0.717, 1.165) is 19.3 Å². The quantitative estimate of drug-likeness (QED) is 0.884. The summed E-state index contributed by atoms with van der Waals surface area (Å²) in [4.78, 5) is 12.5. The van der Waals surface area contributed by atoms with Crippen molar-refractivity contribution in [3.8, 4) is 0 Å². The molecular formula is C17H24N2O. The van der Waals surface area contributed by atoms with Gasteiger partial charge in [-0.05, 0) is 43.2 Å². The number of aryl methyl sites for hydroxylation is 1. The highest BCUT2D eigenvalue weighted by atomic mass is 16.2. The third-order valence-electron chi connectivity index (χ3n) is 5.05. The molecule has 0 heterocycles. The number of nitrogens with one attached hydrogen (secondary N) is 1. The lowest BCUT2D eigenvalue weighted by atomic mass is 9.97. The van der Waals surface area contributed by atoms with E-state index in [-0.39, 0.29) is 17.4 Å². The van der Waals surface area contributed by atoms with Crippen LogP contribution in [0.1, 0.15) is 49.1 Å². The van der Waals surface area contributed by atoms with E-state index in [1.807, 2.05) is 0 Å². The Bertz CT molecular complexity index is 505. The van der Waals surface area contributed by atoms with Gasteiger partial charge in [-0.2, -0.15) is 0 Å². The zero-order chi connectivity index (χ0) is 14.2. The fraction of sp³-hybridized carbons (Fsp3) is 0.588. The summed E-state index contributed by atoms with van der Waals surface area (Å²) in [7, 11) is 0. The molecule has 0 spiro atoms. The molecular weight excluding hydrogens is 248 g/mol. The van der Waals surface area contributed by atoms with Gasteiger partial charge in [0.25, 0.3) is 0 Å². The van der Waals surface area contributed by atoms with Gasteiger partial charge in [0.05, 0.1) is 5.54 Å². The molecule has 2 aliphatic carbocycles. The summed E-state index contributed by atoms with van der Waals surface area (Å²) in [5.41, 5.74) is 8.41. The summed E-state index contributed by atoms with van der Waals surface area (Å²) in [6.45, 7) is 2.70. The van der Waals surface area contributed by atoms with Crippen molar-refractivity contribution in [2.45, 2.75) is 50.5 Å². The van der Waals surface area contributed by atoms with Crippen molar-refractivity contribution in [3.63, 3.8) is 0 Å². The Balaban J connectivity index is 1.64. The van der Waals surface area contributed by atoms with E-state index < -0.39 is 0 Å². The highest BCUT2D eigenvalue weighted by molar-refractivity contribution is 5.83. The van der Waals surface area contributed by atoms with Crippen LogP contribution in [0.5, 0.6) is 0 Å². The molecule has 2 unspecified atom stereocenters. The first-order valence-corrected chi connectivity index (χ1v) is 7.73. The lowest BCUT2D eigenvalue weighted by Crippen LogP contribution is -2.52. The summed E-state index contributed by atoms with van der Waals surface area (Å²) in [5.74, 6) is 0.776. The van der Waals surface area contributed by atoms with Crippen LogP contribution in [0, 0.1) is 12.8 Å². The van der Waals surface area contributed by atoms with Crippen LogP contribution in [0.15, 0.2) is 24.3 Å². The molecule has 0 aliphatic heterocycles. The second-order valence-corrected chi connectivity index (χ2v) is 6.49. The molecule has 3 nitrogen and oxygen atoms in total. The molecule has 0 saturated heterocycles. The zero-order valence-corrected chi connectivity index (χ0v) is 12.2. The molecule has 3 rings (SSSR count).